The van der Waals surface area contributed by atoms with Crippen molar-refractivity contribution in [3.05, 3.63) is 0 Å². The number of rotatable bonds is 3. The Morgan fingerprint density at radius 2 is 2.23 bits per heavy atom. The van der Waals surface area contributed by atoms with Gasteiger partial charge in [0.15, 0.2) is 0 Å². The lowest BCUT2D eigenvalue weighted by Gasteiger charge is -2.28. The van der Waals surface area contributed by atoms with E-state index in [-0.39, 0.29) is 25.0 Å². The number of imide groups is 1. The van der Waals surface area contributed by atoms with Gasteiger partial charge in [-0.2, -0.15) is 0 Å². The van der Waals surface area contributed by atoms with Crippen molar-refractivity contribution in [1.82, 2.24) is 4.90 Å². The van der Waals surface area contributed by atoms with Crippen molar-refractivity contribution < 1.29 is 14.7 Å². The van der Waals surface area contributed by atoms with Crippen molar-refractivity contribution in [3.8, 4) is 0 Å². The highest BCUT2D eigenvalue weighted by molar-refractivity contribution is 6.00. The third-order valence-corrected chi connectivity index (χ3v) is 2.09. The van der Waals surface area contributed by atoms with Crippen LogP contribution in [0.3, 0.4) is 0 Å². The number of aliphatic hydroxyl groups excluding tert-OH is 1. The lowest BCUT2D eigenvalue weighted by molar-refractivity contribution is -0.149. The fraction of sp³-hybridized carbons (Fsp3) is 0.750. The molecule has 13 heavy (non-hydrogen) atoms. The van der Waals surface area contributed by atoms with Gasteiger partial charge in [0.1, 0.15) is 0 Å². The van der Waals surface area contributed by atoms with Crippen LogP contribution >= 0.6 is 0 Å². The van der Waals surface area contributed by atoms with Gasteiger partial charge in [0.25, 0.3) is 0 Å². The van der Waals surface area contributed by atoms with Crippen LogP contribution in [0.4, 0.5) is 0 Å². The molecule has 1 aliphatic rings. The molecule has 0 saturated carbocycles. The van der Waals surface area contributed by atoms with Crippen LogP contribution < -0.4 is 5.73 Å². The zero-order valence-corrected chi connectivity index (χ0v) is 7.40. The Labute approximate surface area is 76.5 Å². The molecule has 1 fully saturated rings. The molecular formula is C8H14N2O3. The van der Waals surface area contributed by atoms with Gasteiger partial charge in [0, 0.05) is 19.6 Å². The van der Waals surface area contributed by atoms with E-state index >= 15 is 0 Å². The van der Waals surface area contributed by atoms with Crippen molar-refractivity contribution in [1.29, 1.82) is 0 Å². The number of carbonyl (C=O) groups is 2. The molecule has 5 nitrogen and oxygen atoms in total. The molecule has 1 saturated heterocycles. The van der Waals surface area contributed by atoms with Crippen molar-refractivity contribution in [3.63, 3.8) is 0 Å². The summed E-state index contributed by atoms with van der Waals surface area (Å²) in [6.45, 7) is 0.258. The van der Waals surface area contributed by atoms with E-state index in [4.69, 9.17) is 10.8 Å². The highest BCUT2D eigenvalue weighted by atomic mass is 16.3. The molecule has 1 unspecified atom stereocenters. The standard InChI is InChI=1S/C8H14N2O3/c9-6-2-3-7(12)10(8(6)13)4-1-5-11/h6,11H,1-5,9H2. The molecule has 0 aliphatic carbocycles. The van der Waals surface area contributed by atoms with E-state index in [1.165, 1.54) is 0 Å². The fourth-order valence-corrected chi connectivity index (χ4v) is 1.32. The molecule has 0 aromatic heterocycles. The molecule has 5 heteroatoms. The number of piperidine rings is 1. The lowest BCUT2D eigenvalue weighted by Crippen LogP contribution is -2.51. The van der Waals surface area contributed by atoms with E-state index in [0.29, 0.717) is 19.3 Å². The second-order valence-electron chi connectivity index (χ2n) is 3.11. The van der Waals surface area contributed by atoms with Crippen molar-refractivity contribution in [2.45, 2.75) is 25.3 Å². The Morgan fingerprint density at radius 3 is 2.85 bits per heavy atom. The van der Waals surface area contributed by atoms with Gasteiger partial charge in [-0.25, -0.2) is 0 Å². The Balaban J connectivity index is 2.56. The normalized spacial score (nSPS) is 23.8. The summed E-state index contributed by atoms with van der Waals surface area (Å²) in [4.78, 5) is 23.7. The molecule has 0 aromatic rings. The first-order valence-corrected chi connectivity index (χ1v) is 4.37. The molecule has 0 spiro atoms. The van der Waals surface area contributed by atoms with Crippen molar-refractivity contribution in [2.24, 2.45) is 5.73 Å². The lowest BCUT2D eigenvalue weighted by atomic mass is 10.1. The third kappa shape index (κ3) is 2.26. The Hall–Kier alpha value is -0.940. The highest BCUT2D eigenvalue weighted by Crippen LogP contribution is 2.11. The Bertz CT molecular complexity index is 217. The minimum absolute atomic E-state index is 0.0215. The molecule has 1 heterocycles. The first-order chi connectivity index (χ1) is 6.16. The maximum atomic E-state index is 11.3. The predicted octanol–water partition coefficient (Wildman–Crippen LogP) is -1.15. The van der Waals surface area contributed by atoms with Crippen LogP contribution in [0.15, 0.2) is 0 Å². The zero-order valence-electron chi connectivity index (χ0n) is 7.40. The van der Waals surface area contributed by atoms with Crippen molar-refractivity contribution in [2.75, 3.05) is 13.2 Å². The second-order valence-corrected chi connectivity index (χ2v) is 3.11. The summed E-state index contributed by atoms with van der Waals surface area (Å²) in [6, 6.07) is -0.545. The number of hydrogen-bond donors (Lipinski definition) is 2. The molecule has 0 bridgehead atoms. The van der Waals surface area contributed by atoms with E-state index in [0.717, 1.165) is 4.90 Å². The van der Waals surface area contributed by atoms with Gasteiger partial charge in [-0.3, -0.25) is 14.5 Å². The number of likely N-dealkylation sites (tertiary alicyclic amines) is 1. The number of carbonyl (C=O) groups excluding carboxylic acids is 2. The summed E-state index contributed by atoms with van der Waals surface area (Å²) >= 11 is 0. The van der Waals surface area contributed by atoms with Gasteiger partial charge in [0.2, 0.25) is 11.8 Å². The highest BCUT2D eigenvalue weighted by Gasteiger charge is 2.31. The summed E-state index contributed by atoms with van der Waals surface area (Å²) in [6.07, 6.45) is 1.19. The molecule has 3 N–H and O–H groups in total. The van der Waals surface area contributed by atoms with Crippen LogP contribution in [0.2, 0.25) is 0 Å². The number of amides is 2. The van der Waals surface area contributed by atoms with Gasteiger partial charge in [-0.1, -0.05) is 0 Å². The Kier molecular flexibility index (Phi) is 3.39. The molecule has 0 aromatic carbocycles. The van der Waals surface area contributed by atoms with Gasteiger partial charge >= 0.3 is 0 Å². The van der Waals surface area contributed by atoms with Crippen LogP contribution in [-0.2, 0) is 9.59 Å². The monoisotopic (exact) mass is 186 g/mol. The van der Waals surface area contributed by atoms with Crippen LogP contribution in [0, 0.1) is 0 Å². The van der Waals surface area contributed by atoms with E-state index in [1.54, 1.807) is 0 Å². The largest absolute Gasteiger partial charge is 0.396 e. The topological polar surface area (TPSA) is 83.6 Å². The van der Waals surface area contributed by atoms with E-state index in [1.807, 2.05) is 0 Å². The maximum Gasteiger partial charge on any atom is 0.246 e. The minimum atomic E-state index is -0.545. The number of aliphatic hydroxyl groups is 1. The second kappa shape index (κ2) is 4.34. The first-order valence-electron chi connectivity index (χ1n) is 4.37. The van der Waals surface area contributed by atoms with Crippen LogP contribution in [-0.4, -0.2) is 41.0 Å². The molecular weight excluding hydrogens is 172 g/mol. The van der Waals surface area contributed by atoms with Crippen molar-refractivity contribution >= 4 is 11.8 Å². The van der Waals surface area contributed by atoms with Crippen LogP contribution in [0.5, 0.6) is 0 Å². The molecule has 0 radical (unpaired) electrons. The minimum Gasteiger partial charge on any atom is -0.396 e. The smallest absolute Gasteiger partial charge is 0.246 e. The van der Waals surface area contributed by atoms with Gasteiger partial charge in [-0.05, 0) is 12.8 Å². The summed E-state index contributed by atoms with van der Waals surface area (Å²) in [5.74, 6) is -0.496. The van der Waals surface area contributed by atoms with Crippen LogP contribution in [0.25, 0.3) is 0 Å². The van der Waals surface area contributed by atoms with E-state index in [9.17, 15) is 9.59 Å². The van der Waals surface area contributed by atoms with Gasteiger partial charge in [-0.15, -0.1) is 0 Å². The molecule has 1 aliphatic heterocycles. The summed E-state index contributed by atoms with van der Waals surface area (Å²) in [5, 5.41) is 8.55. The average molecular weight is 186 g/mol. The molecule has 2 amide bonds. The van der Waals surface area contributed by atoms with E-state index < -0.39 is 6.04 Å². The van der Waals surface area contributed by atoms with Gasteiger partial charge in [0.05, 0.1) is 6.04 Å². The predicted molar refractivity (Wildman–Crippen MR) is 45.6 cm³/mol. The summed E-state index contributed by atoms with van der Waals surface area (Å²) in [7, 11) is 0. The SMILES string of the molecule is NC1CCC(=O)N(CCCO)C1=O. The Morgan fingerprint density at radius 1 is 1.54 bits per heavy atom. The number of hydrogen-bond acceptors (Lipinski definition) is 4. The fourth-order valence-electron chi connectivity index (χ4n) is 1.32. The molecule has 74 valence electrons. The van der Waals surface area contributed by atoms with Crippen LogP contribution in [0.1, 0.15) is 19.3 Å². The quantitative estimate of drug-likeness (QED) is 0.545. The number of nitrogens with two attached hydrogens (primary N) is 1. The zero-order chi connectivity index (χ0) is 9.84. The summed E-state index contributed by atoms with van der Waals surface area (Å²) in [5.41, 5.74) is 5.50. The van der Waals surface area contributed by atoms with E-state index in [2.05, 4.69) is 0 Å². The maximum absolute atomic E-state index is 11.3. The number of nitrogens with zero attached hydrogens (tertiary/aromatic N) is 1. The summed E-state index contributed by atoms with van der Waals surface area (Å²) < 4.78 is 0. The molecule has 1 atom stereocenters. The third-order valence-electron chi connectivity index (χ3n) is 2.09. The van der Waals surface area contributed by atoms with Gasteiger partial charge < -0.3 is 10.8 Å². The average Bonchev–Trinajstić information content (AvgIpc) is 2.12. The molecule has 1 rings (SSSR count). The first kappa shape index (κ1) is 10.1.